The van der Waals surface area contributed by atoms with Gasteiger partial charge in [0.1, 0.15) is 0 Å². The minimum Gasteiger partial charge on any atom is -1.00 e. The molecule has 0 fully saturated rings. The molecule has 8 rings (SSSR count). The number of rotatable bonds is 4. The van der Waals surface area contributed by atoms with Crippen LogP contribution < -0.4 is 24.8 Å². The Morgan fingerprint density at radius 1 is 0.447 bits per heavy atom. The van der Waals surface area contributed by atoms with Crippen LogP contribution in [-0.4, -0.2) is 0 Å². The Bertz CT molecular complexity index is 2050. The van der Waals surface area contributed by atoms with E-state index in [1.807, 2.05) is 38.1 Å². The Morgan fingerprint density at radius 3 is 1.17 bits per heavy atom. The van der Waals surface area contributed by atoms with Gasteiger partial charge in [-0.3, -0.25) is 0 Å². The Kier molecular flexibility index (Phi) is 11.7. The summed E-state index contributed by atoms with van der Waals surface area (Å²) in [6.45, 7) is 8.18. The molecular weight excluding hydrogens is 699 g/mol. The first kappa shape index (κ1) is 36.0. The van der Waals surface area contributed by atoms with Crippen LogP contribution in [0.3, 0.4) is 0 Å². The second-order valence-electron chi connectivity index (χ2n) is 11.7. The van der Waals surface area contributed by atoms with Crippen molar-refractivity contribution in [2.75, 3.05) is 0 Å². The number of fused-ring (bicyclic) bond motifs is 2. The van der Waals surface area contributed by atoms with E-state index in [-0.39, 0.29) is 51.0 Å². The van der Waals surface area contributed by atoms with Crippen molar-refractivity contribution in [2.24, 2.45) is 0 Å². The minimum atomic E-state index is 0. The largest absolute Gasteiger partial charge is 4.00 e. The van der Waals surface area contributed by atoms with Crippen molar-refractivity contribution in [3.63, 3.8) is 0 Å². The van der Waals surface area contributed by atoms with Crippen LogP contribution in [0.15, 0.2) is 142 Å². The van der Waals surface area contributed by atoms with E-state index in [0.717, 1.165) is 34.2 Å². The third-order valence-corrected chi connectivity index (χ3v) is 8.28. The first-order chi connectivity index (χ1) is 21.4. The summed E-state index contributed by atoms with van der Waals surface area (Å²) in [5, 5.41) is 5.05. The number of benzene rings is 4. The first-order valence-corrected chi connectivity index (χ1v) is 15.1. The quantitative estimate of drug-likeness (QED) is 0.201. The summed E-state index contributed by atoms with van der Waals surface area (Å²) in [5.74, 6) is 3.75. The molecule has 0 unspecified atom stereocenters. The molecule has 2 aromatic heterocycles. The Labute approximate surface area is 308 Å². The Morgan fingerprint density at radius 2 is 0.830 bits per heavy atom. The first-order valence-electron chi connectivity index (χ1n) is 15.1. The van der Waals surface area contributed by atoms with Gasteiger partial charge in [0.25, 0.3) is 0 Å². The molecule has 0 amide bonds. The summed E-state index contributed by atoms with van der Waals surface area (Å²) in [6.07, 6.45) is 0. The maximum atomic E-state index is 5.76. The van der Waals surface area contributed by atoms with Crippen molar-refractivity contribution in [3.8, 4) is 44.9 Å². The van der Waals surface area contributed by atoms with Gasteiger partial charge in [-0.25, -0.2) is 0 Å². The summed E-state index contributed by atoms with van der Waals surface area (Å²) in [7, 11) is 0. The Balaban J connectivity index is 0.000000200. The summed E-state index contributed by atoms with van der Waals surface area (Å²) in [6, 6.07) is 47.3. The van der Waals surface area contributed by atoms with E-state index < -0.39 is 0 Å². The van der Waals surface area contributed by atoms with Crippen LogP contribution in [0.25, 0.3) is 66.4 Å². The number of furan rings is 2. The molecule has 8 aromatic rings. The molecule has 0 radical (unpaired) electrons. The monoisotopic (exact) mass is 730 g/mol. The Hall–Kier alpha value is -3.88. The molecule has 0 saturated carbocycles. The third kappa shape index (κ3) is 7.65. The van der Waals surface area contributed by atoms with Gasteiger partial charge in [-0.2, -0.15) is 0 Å². The van der Waals surface area contributed by atoms with E-state index in [4.69, 9.17) is 8.83 Å². The standard InChI is InChI=1S/2C21H17O.2ClH.Zr/c2*1-14-6-9-16(10-7-14)19-5-3-4-17-12-18(13-20(17)19)21-11-8-15(2)22-21;;;/h2*3-13H,1-2H3;2*1H;/q2*-1;;;+4/p-2. The van der Waals surface area contributed by atoms with E-state index in [1.165, 1.54) is 54.9 Å². The summed E-state index contributed by atoms with van der Waals surface area (Å²) in [4.78, 5) is 0. The molecule has 0 atom stereocenters. The van der Waals surface area contributed by atoms with Crippen LogP contribution in [0.1, 0.15) is 22.6 Å². The third-order valence-electron chi connectivity index (χ3n) is 8.28. The molecule has 6 aromatic carbocycles. The predicted molar refractivity (Wildman–Crippen MR) is 184 cm³/mol. The van der Waals surface area contributed by atoms with Crippen molar-refractivity contribution in [2.45, 2.75) is 27.7 Å². The van der Waals surface area contributed by atoms with Crippen LogP contribution >= 0.6 is 0 Å². The zero-order chi connectivity index (χ0) is 30.2. The maximum Gasteiger partial charge on any atom is 4.00 e. The van der Waals surface area contributed by atoms with Crippen molar-refractivity contribution >= 4 is 21.5 Å². The van der Waals surface area contributed by atoms with Crippen LogP contribution in [-0.2, 0) is 26.2 Å². The number of halogens is 2. The molecule has 0 bridgehead atoms. The maximum absolute atomic E-state index is 5.76. The van der Waals surface area contributed by atoms with Gasteiger partial charge in [-0.1, -0.05) is 106 Å². The second kappa shape index (κ2) is 15.3. The molecule has 0 spiro atoms. The van der Waals surface area contributed by atoms with Crippen molar-refractivity contribution in [1.29, 1.82) is 0 Å². The van der Waals surface area contributed by atoms with Gasteiger partial charge < -0.3 is 33.6 Å². The van der Waals surface area contributed by atoms with Gasteiger partial charge in [0.05, 0.1) is 23.0 Å². The summed E-state index contributed by atoms with van der Waals surface area (Å²) >= 11 is 0. The average molecular weight is 733 g/mol. The molecule has 2 heterocycles. The van der Waals surface area contributed by atoms with Crippen molar-refractivity contribution in [3.05, 3.63) is 156 Å². The molecule has 0 saturated heterocycles. The summed E-state index contributed by atoms with van der Waals surface area (Å²) in [5.41, 5.74) is 9.90. The molecule has 0 N–H and O–H groups in total. The fourth-order valence-corrected chi connectivity index (χ4v) is 5.90. The van der Waals surface area contributed by atoms with Gasteiger partial charge >= 0.3 is 26.2 Å². The van der Waals surface area contributed by atoms with Crippen molar-refractivity contribution < 1.29 is 59.9 Å². The van der Waals surface area contributed by atoms with E-state index in [9.17, 15) is 0 Å². The number of hydrogen-bond donors (Lipinski definition) is 0. The van der Waals surface area contributed by atoms with Crippen LogP contribution in [0.5, 0.6) is 0 Å². The van der Waals surface area contributed by atoms with Gasteiger partial charge in [-0.05, 0) is 63.1 Å². The second-order valence-corrected chi connectivity index (χ2v) is 11.7. The molecule has 5 heteroatoms. The normalized spacial score (nSPS) is 10.5. The fraction of sp³-hybridized carbons (Fsp3) is 0.0952. The molecule has 2 nitrogen and oxygen atoms in total. The van der Waals surface area contributed by atoms with Crippen LogP contribution in [0, 0.1) is 27.7 Å². The zero-order valence-electron chi connectivity index (χ0n) is 26.8. The smallest absolute Gasteiger partial charge is 1.00 e. The van der Waals surface area contributed by atoms with Gasteiger partial charge in [0, 0.05) is 0 Å². The summed E-state index contributed by atoms with van der Waals surface area (Å²) < 4.78 is 11.5. The van der Waals surface area contributed by atoms with Crippen molar-refractivity contribution in [1.82, 2.24) is 0 Å². The van der Waals surface area contributed by atoms with Crippen LogP contribution in [0.2, 0.25) is 0 Å². The number of aryl methyl sites for hydroxylation is 4. The van der Waals surface area contributed by atoms with E-state index in [1.54, 1.807) is 0 Å². The van der Waals surface area contributed by atoms with E-state index >= 15 is 0 Å². The molecular formula is C42H34Cl2O2Zr. The zero-order valence-corrected chi connectivity index (χ0v) is 30.7. The fourth-order valence-electron chi connectivity index (χ4n) is 5.90. The molecule has 0 aliphatic rings. The van der Waals surface area contributed by atoms with E-state index in [0.29, 0.717) is 0 Å². The topological polar surface area (TPSA) is 26.3 Å². The SMILES string of the molecule is Cc1ccc(-c2cccc3[cH-]c(-c4ccc(C)o4)cc23)cc1.Cc1ccc(-c2cccc3[cH-]c(-c4ccc(C)o4)cc23)cc1.[Cl-].[Cl-].[Zr+4]. The van der Waals surface area contributed by atoms with Gasteiger partial charge in [0.2, 0.25) is 0 Å². The molecule has 0 aliphatic carbocycles. The van der Waals surface area contributed by atoms with Gasteiger partial charge in [-0.15, -0.1) is 57.9 Å². The van der Waals surface area contributed by atoms with Gasteiger partial charge in [0.15, 0.2) is 0 Å². The molecule has 232 valence electrons. The van der Waals surface area contributed by atoms with E-state index in [2.05, 4.69) is 123 Å². The van der Waals surface area contributed by atoms with Crippen LogP contribution in [0.4, 0.5) is 0 Å². The number of hydrogen-bond acceptors (Lipinski definition) is 2. The predicted octanol–water partition coefficient (Wildman–Crippen LogP) is 6.21. The minimum absolute atomic E-state index is 0. The molecule has 47 heavy (non-hydrogen) atoms. The average Bonchev–Trinajstić information content (AvgIpc) is 3.84. The molecule has 0 aliphatic heterocycles.